The van der Waals surface area contributed by atoms with Crippen molar-refractivity contribution in [2.75, 3.05) is 13.2 Å². The van der Waals surface area contributed by atoms with Crippen LogP contribution in [0.15, 0.2) is 109 Å². The molecule has 1 fully saturated rings. The fourth-order valence-electron chi connectivity index (χ4n) is 5.68. The highest BCUT2D eigenvalue weighted by molar-refractivity contribution is 7.47. The summed E-state index contributed by atoms with van der Waals surface area (Å²) in [6, 6.07) is 0. The second-order valence-electron chi connectivity index (χ2n) is 14.4. The van der Waals surface area contributed by atoms with E-state index in [0.29, 0.717) is 19.3 Å². The summed E-state index contributed by atoms with van der Waals surface area (Å²) < 4.78 is 33.3. The number of phosphoric acid groups is 1. The van der Waals surface area contributed by atoms with Gasteiger partial charge in [0.2, 0.25) is 0 Å². The summed E-state index contributed by atoms with van der Waals surface area (Å²) in [5, 5.41) is 50.1. The number of carbonyl (C=O) groups is 2. The highest BCUT2D eigenvalue weighted by Crippen LogP contribution is 2.47. The molecule has 1 aliphatic rings. The number of allylic oxidation sites excluding steroid dienone is 18. The fraction of sp³-hybridized carbons (Fsp3) is 0.574. The summed E-state index contributed by atoms with van der Waals surface area (Å²) in [6.07, 6.45) is 36.0. The second kappa shape index (κ2) is 36.0. The van der Waals surface area contributed by atoms with Gasteiger partial charge in [-0.2, -0.15) is 0 Å². The molecule has 14 heteroatoms. The van der Waals surface area contributed by atoms with Crippen molar-refractivity contribution < 1.29 is 63.1 Å². The Bertz CT molecular complexity index is 1480. The van der Waals surface area contributed by atoms with Crippen molar-refractivity contribution in [3.05, 3.63) is 109 Å². The van der Waals surface area contributed by atoms with Crippen LogP contribution in [0, 0.1) is 0 Å². The van der Waals surface area contributed by atoms with Crippen LogP contribution < -0.4 is 0 Å². The molecule has 1 aliphatic carbocycles. The largest absolute Gasteiger partial charge is 0.472 e. The van der Waals surface area contributed by atoms with E-state index in [1.165, 1.54) is 0 Å². The van der Waals surface area contributed by atoms with E-state index in [1.807, 2.05) is 18.2 Å². The van der Waals surface area contributed by atoms with Gasteiger partial charge >= 0.3 is 19.8 Å². The van der Waals surface area contributed by atoms with Gasteiger partial charge in [0, 0.05) is 12.8 Å². The third-order valence-corrected chi connectivity index (χ3v) is 10.1. The molecule has 1 saturated carbocycles. The van der Waals surface area contributed by atoms with Gasteiger partial charge in [-0.05, 0) is 83.5 Å². The molecule has 6 atom stereocenters. The molecule has 0 aromatic carbocycles. The van der Waals surface area contributed by atoms with Gasteiger partial charge in [0.05, 0.1) is 6.61 Å². The monoisotopic (exact) mass is 876 g/mol. The number of phosphoric ester groups is 1. The lowest BCUT2D eigenvalue weighted by Crippen LogP contribution is -2.64. The minimum Gasteiger partial charge on any atom is -0.462 e. The first-order valence-electron chi connectivity index (χ1n) is 21.7. The van der Waals surface area contributed by atoms with Crippen LogP contribution >= 0.6 is 7.82 Å². The van der Waals surface area contributed by atoms with E-state index in [0.717, 1.165) is 70.6 Å². The van der Waals surface area contributed by atoms with Crippen LogP contribution in [0.4, 0.5) is 0 Å². The van der Waals surface area contributed by atoms with Crippen molar-refractivity contribution in [2.45, 2.75) is 159 Å². The van der Waals surface area contributed by atoms with Crippen LogP contribution in [0.3, 0.4) is 0 Å². The molecule has 0 saturated heterocycles. The molecule has 0 aliphatic heterocycles. The Labute approximate surface area is 363 Å². The van der Waals surface area contributed by atoms with Crippen molar-refractivity contribution in [1.82, 2.24) is 0 Å². The van der Waals surface area contributed by atoms with Crippen LogP contribution in [0.2, 0.25) is 0 Å². The molecule has 0 aromatic heterocycles. The molecule has 0 amide bonds. The first-order valence-corrected chi connectivity index (χ1v) is 23.2. The maximum absolute atomic E-state index is 12.8. The van der Waals surface area contributed by atoms with E-state index >= 15 is 0 Å². The van der Waals surface area contributed by atoms with Crippen molar-refractivity contribution in [1.29, 1.82) is 0 Å². The minimum absolute atomic E-state index is 0.0422. The number of esters is 2. The van der Waals surface area contributed by atoms with Crippen molar-refractivity contribution in [3.63, 3.8) is 0 Å². The van der Waals surface area contributed by atoms with Gasteiger partial charge in [0.15, 0.2) is 6.10 Å². The standard InChI is InChI=1S/C47H73O13P/c1-3-5-7-9-11-13-15-17-18-19-20-21-22-24-26-28-30-32-34-36-41(49)59-39(38-58-61(55,56)60-47-45(53)43(51)42(50)44(52)46(47)54)37-57-40(48)35-33-31-29-27-25-23-16-14-12-10-8-6-4-2/h5-8,11-14,17-18,20-21,23-26,30,32,39,42-47,50-54H,3-4,9-10,15-16,19,22,27-29,31,33-38H2,1-2H3,(H,55,56)/b7-5-,8-6-,13-11-,14-12-,18-17-,21-20-,25-23-,26-24-,32-30-. The maximum atomic E-state index is 12.8. The summed E-state index contributed by atoms with van der Waals surface area (Å²) in [5.74, 6) is -1.25. The molecule has 6 unspecified atom stereocenters. The third-order valence-electron chi connectivity index (χ3n) is 9.12. The molecule has 0 spiro atoms. The van der Waals surface area contributed by atoms with Crippen LogP contribution in [0.25, 0.3) is 0 Å². The highest BCUT2D eigenvalue weighted by atomic mass is 31.2. The van der Waals surface area contributed by atoms with Crippen molar-refractivity contribution >= 4 is 19.8 Å². The van der Waals surface area contributed by atoms with E-state index in [2.05, 4.69) is 105 Å². The van der Waals surface area contributed by atoms with Crippen LogP contribution in [0.1, 0.15) is 117 Å². The quantitative estimate of drug-likeness (QED) is 0.0160. The lowest BCUT2D eigenvalue weighted by Gasteiger charge is -2.41. The summed E-state index contributed by atoms with van der Waals surface area (Å²) in [7, 11) is -5.15. The molecular formula is C47H73O13P. The number of unbranched alkanes of at least 4 members (excludes halogenated alkanes) is 3. The Morgan fingerprint density at radius 3 is 1.38 bits per heavy atom. The average Bonchev–Trinajstić information content (AvgIpc) is 3.24. The Kier molecular flexibility index (Phi) is 32.8. The van der Waals surface area contributed by atoms with Crippen LogP contribution in [0.5, 0.6) is 0 Å². The SMILES string of the molecule is CC/C=C\C/C=C\C/C=C\C/C=C\C/C=C\C/C=C\CCC(=O)OC(COC(=O)CCCCC/C=C\C/C=C\C/C=C\CC)COP(=O)(O)OC1C(O)C(O)C(O)C(O)C1O. The maximum Gasteiger partial charge on any atom is 0.472 e. The summed E-state index contributed by atoms with van der Waals surface area (Å²) in [4.78, 5) is 35.6. The molecule has 13 nitrogen and oxygen atoms in total. The number of aliphatic hydroxyl groups is 5. The number of aliphatic hydroxyl groups excluding tert-OH is 5. The molecule has 0 heterocycles. The van der Waals surface area contributed by atoms with Crippen LogP contribution in [-0.4, -0.2) is 98.3 Å². The second-order valence-corrected chi connectivity index (χ2v) is 15.8. The smallest absolute Gasteiger partial charge is 0.462 e. The zero-order chi connectivity index (χ0) is 45.0. The van der Waals surface area contributed by atoms with Gasteiger partial charge in [-0.15, -0.1) is 0 Å². The number of carbonyl (C=O) groups excluding carboxylic acids is 2. The van der Waals surface area contributed by atoms with E-state index in [1.54, 1.807) is 0 Å². The summed E-state index contributed by atoms with van der Waals surface area (Å²) in [6.45, 7) is 2.95. The molecule has 0 aromatic rings. The topological polar surface area (TPSA) is 210 Å². The van der Waals surface area contributed by atoms with E-state index in [4.69, 9.17) is 18.5 Å². The van der Waals surface area contributed by atoms with Crippen molar-refractivity contribution in [3.8, 4) is 0 Å². The first-order chi connectivity index (χ1) is 29.4. The Hall–Kier alpha value is -3.49. The average molecular weight is 877 g/mol. The van der Waals surface area contributed by atoms with Gasteiger partial charge in [0.25, 0.3) is 0 Å². The molecule has 344 valence electrons. The van der Waals surface area contributed by atoms with Gasteiger partial charge in [0.1, 0.15) is 43.2 Å². The Morgan fingerprint density at radius 1 is 0.508 bits per heavy atom. The molecule has 61 heavy (non-hydrogen) atoms. The lowest BCUT2D eigenvalue weighted by molar-refractivity contribution is -0.220. The number of ether oxygens (including phenoxy) is 2. The highest BCUT2D eigenvalue weighted by Gasteiger charge is 2.51. The van der Waals surface area contributed by atoms with Gasteiger partial charge in [-0.25, -0.2) is 4.57 Å². The number of hydrogen-bond acceptors (Lipinski definition) is 12. The van der Waals surface area contributed by atoms with Gasteiger partial charge < -0.3 is 39.9 Å². The number of rotatable bonds is 33. The molecule has 1 rings (SSSR count). The third kappa shape index (κ3) is 28.7. The molecular weight excluding hydrogens is 803 g/mol. The zero-order valence-corrected chi connectivity index (χ0v) is 37.0. The van der Waals surface area contributed by atoms with E-state index in [-0.39, 0.29) is 12.8 Å². The molecule has 6 N–H and O–H groups in total. The zero-order valence-electron chi connectivity index (χ0n) is 36.1. The lowest BCUT2D eigenvalue weighted by atomic mass is 9.85. The summed E-state index contributed by atoms with van der Waals surface area (Å²) >= 11 is 0. The van der Waals surface area contributed by atoms with E-state index in [9.17, 15) is 44.6 Å². The fourth-order valence-corrected chi connectivity index (χ4v) is 6.65. The first kappa shape index (κ1) is 55.5. The normalized spacial score (nSPS) is 23.1. The van der Waals surface area contributed by atoms with Crippen molar-refractivity contribution in [2.24, 2.45) is 0 Å². The number of hydrogen-bond donors (Lipinski definition) is 6. The Balaban J connectivity index is 2.58. The van der Waals surface area contributed by atoms with E-state index < -0.39 is 75.7 Å². The van der Waals surface area contributed by atoms with Gasteiger partial charge in [-0.1, -0.05) is 130 Å². The predicted octanol–water partition coefficient (Wildman–Crippen LogP) is 8.05. The molecule has 0 radical (unpaired) electrons. The predicted molar refractivity (Wildman–Crippen MR) is 239 cm³/mol. The van der Waals surface area contributed by atoms with Crippen LogP contribution in [-0.2, 0) is 32.7 Å². The summed E-state index contributed by atoms with van der Waals surface area (Å²) in [5.41, 5.74) is 0. The minimum atomic E-state index is -5.15. The Morgan fingerprint density at radius 2 is 0.918 bits per heavy atom. The van der Waals surface area contributed by atoms with Gasteiger partial charge in [-0.3, -0.25) is 18.6 Å². The molecule has 0 bridgehead atoms.